The van der Waals surface area contributed by atoms with Gasteiger partial charge in [0.05, 0.1) is 32.1 Å². The van der Waals surface area contributed by atoms with E-state index in [1.54, 1.807) is 7.11 Å². The summed E-state index contributed by atoms with van der Waals surface area (Å²) in [5, 5.41) is 0. The number of rotatable bonds is 8. The van der Waals surface area contributed by atoms with Crippen LogP contribution < -0.4 is 4.90 Å². The summed E-state index contributed by atoms with van der Waals surface area (Å²) in [4.78, 5) is 15.4. The smallest absolute Gasteiger partial charge is 0.227 e. The van der Waals surface area contributed by atoms with Gasteiger partial charge < -0.3 is 14.4 Å². The highest BCUT2D eigenvalue weighted by molar-refractivity contribution is 5.95. The molecule has 0 atom stereocenters. The van der Waals surface area contributed by atoms with Crippen LogP contribution in [0.2, 0.25) is 0 Å². The number of carbonyl (C=O) groups is 1. The van der Waals surface area contributed by atoms with Crippen molar-refractivity contribution in [1.82, 2.24) is 0 Å². The molecule has 4 heteroatoms. The number of hydrogen-bond donors (Lipinski definition) is 0. The average molecular weight is 420 g/mol. The zero-order valence-electron chi connectivity index (χ0n) is 19.3. The van der Waals surface area contributed by atoms with Gasteiger partial charge in [-0.25, -0.2) is 0 Å². The van der Waals surface area contributed by atoms with Crippen molar-refractivity contribution in [3.63, 3.8) is 0 Å². The molecule has 0 unspecified atom stereocenters. The van der Waals surface area contributed by atoms with E-state index in [2.05, 4.69) is 39.5 Å². The van der Waals surface area contributed by atoms with E-state index < -0.39 is 0 Å². The second-order valence-corrected chi connectivity index (χ2v) is 9.84. The first kappa shape index (κ1) is 23.1. The predicted octanol–water partition coefficient (Wildman–Crippen LogP) is 5.04. The fourth-order valence-electron chi connectivity index (χ4n) is 3.80. The van der Waals surface area contributed by atoms with Gasteiger partial charge in [-0.2, -0.15) is 0 Å². The maximum absolute atomic E-state index is 13.5. The van der Waals surface area contributed by atoms with Crippen LogP contribution in [0, 0.1) is 22.7 Å². The van der Waals surface area contributed by atoms with E-state index in [1.807, 2.05) is 53.4 Å². The highest BCUT2D eigenvalue weighted by Gasteiger charge is 2.29. The number of fused-ring (bicyclic) bond motifs is 2. The minimum absolute atomic E-state index is 0.0564. The molecular formula is C27H33NO3. The Labute approximate surface area is 186 Å². The Morgan fingerprint density at radius 3 is 2.26 bits per heavy atom. The SMILES string of the molecule is COCC(C)(C)COCC(C)(C)CC(=O)N1Cc2ccccc2C#Cc2ccccc21. The van der Waals surface area contributed by atoms with Crippen molar-refractivity contribution in [1.29, 1.82) is 0 Å². The maximum Gasteiger partial charge on any atom is 0.227 e. The van der Waals surface area contributed by atoms with E-state index in [0.29, 0.717) is 32.8 Å². The largest absolute Gasteiger partial charge is 0.384 e. The zero-order valence-corrected chi connectivity index (χ0v) is 19.3. The number of hydrogen-bond acceptors (Lipinski definition) is 3. The van der Waals surface area contributed by atoms with Crippen LogP contribution in [0.5, 0.6) is 0 Å². The van der Waals surface area contributed by atoms with Gasteiger partial charge in [0.2, 0.25) is 5.91 Å². The van der Waals surface area contributed by atoms with Gasteiger partial charge >= 0.3 is 0 Å². The molecule has 3 rings (SSSR count). The molecule has 4 nitrogen and oxygen atoms in total. The lowest BCUT2D eigenvalue weighted by atomic mass is 9.89. The average Bonchev–Trinajstić information content (AvgIpc) is 2.69. The highest BCUT2D eigenvalue weighted by atomic mass is 16.5. The number of para-hydroxylation sites is 1. The molecule has 2 aromatic rings. The van der Waals surface area contributed by atoms with Gasteiger partial charge in [0.25, 0.3) is 0 Å². The van der Waals surface area contributed by atoms with Crippen molar-refractivity contribution in [3.05, 3.63) is 65.2 Å². The number of carbonyl (C=O) groups excluding carboxylic acids is 1. The van der Waals surface area contributed by atoms with Gasteiger partial charge in [-0.05, 0) is 29.2 Å². The first-order chi connectivity index (χ1) is 14.7. The number of methoxy groups -OCH3 is 1. The molecule has 0 bridgehead atoms. The van der Waals surface area contributed by atoms with Crippen LogP contribution in [0.4, 0.5) is 5.69 Å². The monoisotopic (exact) mass is 419 g/mol. The van der Waals surface area contributed by atoms with Gasteiger partial charge in [0.1, 0.15) is 0 Å². The number of amides is 1. The molecule has 0 spiro atoms. The van der Waals surface area contributed by atoms with E-state index in [0.717, 1.165) is 22.4 Å². The summed E-state index contributed by atoms with van der Waals surface area (Å²) >= 11 is 0. The van der Waals surface area contributed by atoms with Gasteiger partial charge in [-0.1, -0.05) is 69.9 Å². The molecule has 0 fully saturated rings. The Kier molecular flexibility index (Phi) is 7.20. The molecule has 0 aliphatic carbocycles. The Morgan fingerprint density at radius 2 is 1.52 bits per heavy atom. The summed E-state index contributed by atoms with van der Waals surface area (Å²) in [7, 11) is 1.70. The second kappa shape index (κ2) is 9.68. The van der Waals surface area contributed by atoms with Crippen LogP contribution in [0.1, 0.15) is 50.8 Å². The summed E-state index contributed by atoms with van der Waals surface area (Å²) in [6, 6.07) is 15.9. The third kappa shape index (κ3) is 6.19. The van der Waals surface area contributed by atoms with Gasteiger partial charge in [-0.3, -0.25) is 4.79 Å². The lowest BCUT2D eigenvalue weighted by Crippen LogP contribution is -2.37. The van der Waals surface area contributed by atoms with Crippen molar-refractivity contribution in [2.75, 3.05) is 31.8 Å². The first-order valence-corrected chi connectivity index (χ1v) is 10.8. The molecule has 0 saturated heterocycles. The van der Waals surface area contributed by atoms with E-state index in [-0.39, 0.29) is 16.7 Å². The summed E-state index contributed by atoms with van der Waals surface area (Å²) < 4.78 is 11.3. The van der Waals surface area contributed by atoms with Crippen LogP contribution in [-0.4, -0.2) is 32.8 Å². The number of anilines is 1. The van der Waals surface area contributed by atoms with Crippen LogP contribution in [0.15, 0.2) is 48.5 Å². The van der Waals surface area contributed by atoms with Crippen LogP contribution >= 0.6 is 0 Å². The first-order valence-electron chi connectivity index (χ1n) is 10.8. The normalized spacial score (nSPS) is 13.4. The molecule has 0 aromatic heterocycles. The quantitative estimate of drug-likeness (QED) is 0.563. The topological polar surface area (TPSA) is 38.8 Å². The van der Waals surface area contributed by atoms with Crippen LogP contribution in [-0.2, 0) is 20.8 Å². The predicted molar refractivity (Wildman–Crippen MR) is 125 cm³/mol. The van der Waals surface area contributed by atoms with Gasteiger partial charge in [0, 0.05) is 30.1 Å². The third-order valence-electron chi connectivity index (χ3n) is 5.32. The minimum atomic E-state index is -0.289. The molecule has 0 N–H and O–H groups in total. The molecule has 1 heterocycles. The number of nitrogens with zero attached hydrogens (tertiary/aromatic N) is 1. The van der Waals surface area contributed by atoms with Crippen molar-refractivity contribution in [3.8, 4) is 11.8 Å². The molecular weight excluding hydrogens is 386 g/mol. The Balaban J connectivity index is 1.77. The lowest BCUT2D eigenvalue weighted by Gasteiger charge is -2.31. The minimum Gasteiger partial charge on any atom is -0.384 e. The molecule has 0 radical (unpaired) electrons. The number of benzene rings is 2. The molecule has 1 aliphatic rings. The molecule has 1 aliphatic heterocycles. The Hall–Kier alpha value is -2.61. The van der Waals surface area contributed by atoms with Gasteiger partial charge in [-0.15, -0.1) is 0 Å². The van der Waals surface area contributed by atoms with E-state index in [9.17, 15) is 4.79 Å². The molecule has 31 heavy (non-hydrogen) atoms. The van der Waals surface area contributed by atoms with E-state index in [1.165, 1.54) is 0 Å². The molecule has 0 saturated carbocycles. The van der Waals surface area contributed by atoms with Gasteiger partial charge in [0.15, 0.2) is 0 Å². The zero-order chi connectivity index (χ0) is 22.5. The summed E-state index contributed by atoms with van der Waals surface area (Å²) in [6.45, 7) is 10.6. The maximum atomic E-state index is 13.5. The summed E-state index contributed by atoms with van der Waals surface area (Å²) in [5.41, 5.74) is 3.43. The Bertz CT molecular complexity index is 981. The Morgan fingerprint density at radius 1 is 0.903 bits per heavy atom. The second-order valence-electron chi connectivity index (χ2n) is 9.84. The highest BCUT2D eigenvalue weighted by Crippen LogP contribution is 2.30. The molecule has 164 valence electrons. The van der Waals surface area contributed by atoms with Crippen molar-refractivity contribution in [2.45, 2.75) is 40.7 Å². The third-order valence-corrected chi connectivity index (χ3v) is 5.32. The van der Waals surface area contributed by atoms with Crippen molar-refractivity contribution >= 4 is 11.6 Å². The summed E-state index contributed by atoms with van der Waals surface area (Å²) in [6.07, 6.45) is 0.391. The number of ether oxygens (including phenoxy) is 2. The molecule has 2 aromatic carbocycles. The summed E-state index contributed by atoms with van der Waals surface area (Å²) in [5.74, 6) is 6.59. The standard InChI is InChI=1S/C27H33NO3/c1-26(2,19-31-20-27(3,4)18-30-5)16-25(29)28-17-23-12-7-6-10-21(23)14-15-22-11-8-9-13-24(22)28/h6-13H,16-20H2,1-5H3. The van der Waals surface area contributed by atoms with Crippen LogP contribution in [0.25, 0.3) is 0 Å². The van der Waals surface area contributed by atoms with Crippen LogP contribution in [0.3, 0.4) is 0 Å². The molecule has 1 amide bonds. The fraction of sp³-hybridized carbons (Fsp3) is 0.444. The lowest BCUT2D eigenvalue weighted by molar-refractivity contribution is -0.122. The van der Waals surface area contributed by atoms with Crippen molar-refractivity contribution in [2.24, 2.45) is 10.8 Å². The van der Waals surface area contributed by atoms with E-state index in [4.69, 9.17) is 9.47 Å². The van der Waals surface area contributed by atoms with E-state index >= 15 is 0 Å². The van der Waals surface area contributed by atoms with Crippen molar-refractivity contribution < 1.29 is 14.3 Å². The fourth-order valence-corrected chi connectivity index (χ4v) is 3.80.